The molecule has 96 valence electrons. The smallest absolute Gasteiger partial charge is 0.0858 e. The predicted octanol–water partition coefficient (Wildman–Crippen LogP) is 3.63. The SMILES string of the molecule is Bc1cc2c(cc1C)-c1cc(C)c(Br)cc1C2(C)C. The summed E-state index contributed by atoms with van der Waals surface area (Å²) in [6, 6.07) is 9.34. The molecule has 0 unspecified atom stereocenters. The molecule has 3 rings (SSSR count). The van der Waals surface area contributed by atoms with E-state index in [2.05, 4.69) is 75.7 Å². The molecular weight excluding hydrogens is 295 g/mol. The van der Waals surface area contributed by atoms with Crippen molar-refractivity contribution >= 4 is 29.2 Å². The molecule has 0 amide bonds. The summed E-state index contributed by atoms with van der Waals surface area (Å²) in [5, 5.41) is 0. The molecule has 2 aromatic carbocycles. The highest BCUT2D eigenvalue weighted by Gasteiger charge is 2.36. The second-order valence-corrected chi connectivity index (χ2v) is 7.11. The zero-order chi connectivity index (χ0) is 13.9. The Kier molecular flexibility index (Phi) is 2.73. The molecule has 0 saturated carbocycles. The predicted molar refractivity (Wildman–Crippen MR) is 89.4 cm³/mol. The van der Waals surface area contributed by atoms with Crippen molar-refractivity contribution in [2.24, 2.45) is 0 Å². The molecule has 0 saturated heterocycles. The van der Waals surface area contributed by atoms with E-state index in [1.807, 2.05) is 0 Å². The molecule has 19 heavy (non-hydrogen) atoms. The van der Waals surface area contributed by atoms with Crippen LogP contribution in [0.15, 0.2) is 28.7 Å². The van der Waals surface area contributed by atoms with Gasteiger partial charge in [-0.05, 0) is 53.8 Å². The summed E-state index contributed by atoms with van der Waals surface area (Å²) < 4.78 is 1.21. The normalized spacial score (nSPS) is 15.2. The van der Waals surface area contributed by atoms with Gasteiger partial charge in [-0.3, -0.25) is 0 Å². The fraction of sp³-hybridized carbons (Fsp3) is 0.294. The maximum atomic E-state index is 3.67. The molecule has 0 spiro atoms. The summed E-state index contributed by atoms with van der Waals surface area (Å²) in [5.74, 6) is 0. The molecule has 0 N–H and O–H groups in total. The molecule has 0 aliphatic heterocycles. The highest BCUT2D eigenvalue weighted by atomic mass is 79.9. The standard InChI is InChI=1S/C17H18BBr/c1-9-5-11-12-6-10(2)16(19)8-14(12)17(3,4)13(11)7-15(9)18/h5-8H,18H2,1-4H3. The van der Waals surface area contributed by atoms with Gasteiger partial charge in [0.15, 0.2) is 0 Å². The van der Waals surface area contributed by atoms with E-state index in [9.17, 15) is 0 Å². The number of hydrogen-bond acceptors (Lipinski definition) is 0. The lowest BCUT2D eigenvalue weighted by atomic mass is 9.79. The van der Waals surface area contributed by atoms with Crippen molar-refractivity contribution in [3.05, 3.63) is 51.0 Å². The quantitative estimate of drug-likeness (QED) is 0.652. The molecule has 0 fully saturated rings. The number of benzene rings is 2. The third-order valence-corrected chi connectivity index (χ3v) is 5.42. The summed E-state index contributed by atoms with van der Waals surface area (Å²) in [6.45, 7) is 9.02. The van der Waals surface area contributed by atoms with Crippen LogP contribution in [0.5, 0.6) is 0 Å². The van der Waals surface area contributed by atoms with E-state index >= 15 is 0 Å². The third kappa shape index (κ3) is 1.73. The molecule has 1 aliphatic rings. The van der Waals surface area contributed by atoms with Gasteiger partial charge in [-0.1, -0.05) is 52.9 Å². The molecule has 0 bridgehead atoms. The fourth-order valence-electron chi connectivity index (χ4n) is 3.12. The Labute approximate surface area is 124 Å². The Morgan fingerprint density at radius 3 is 2.05 bits per heavy atom. The second kappa shape index (κ2) is 3.99. The van der Waals surface area contributed by atoms with Crippen LogP contribution < -0.4 is 5.46 Å². The Morgan fingerprint density at radius 2 is 1.42 bits per heavy atom. The van der Waals surface area contributed by atoms with E-state index in [4.69, 9.17) is 0 Å². The van der Waals surface area contributed by atoms with E-state index in [1.165, 1.54) is 43.3 Å². The first kappa shape index (κ1) is 13.0. The zero-order valence-electron chi connectivity index (χ0n) is 12.2. The molecule has 0 atom stereocenters. The van der Waals surface area contributed by atoms with Crippen LogP contribution in [0.1, 0.15) is 36.1 Å². The van der Waals surface area contributed by atoms with Gasteiger partial charge in [-0.25, -0.2) is 0 Å². The summed E-state index contributed by atoms with van der Waals surface area (Å²) in [6.07, 6.45) is 0. The van der Waals surface area contributed by atoms with Gasteiger partial charge < -0.3 is 0 Å². The molecule has 0 radical (unpaired) electrons. The van der Waals surface area contributed by atoms with Crippen molar-refractivity contribution in [2.75, 3.05) is 0 Å². The van der Waals surface area contributed by atoms with Crippen LogP contribution in [0.3, 0.4) is 0 Å². The van der Waals surface area contributed by atoms with E-state index in [-0.39, 0.29) is 5.41 Å². The Balaban J connectivity index is 2.40. The number of aryl methyl sites for hydroxylation is 2. The number of hydrogen-bond donors (Lipinski definition) is 0. The van der Waals surface area contributed by atoms with Crippen LogP contribution >= 0.6 is 15.9 Å². The number of fused-ring (bicyclic) bond motifs is 3. The first-order chi connectivity index (χ1) is 8.82. The van der Waals surface area contributed by atoms with E-state index in [0.29, 0.717) is 0 Å². The molecule has 1 aliphatic carbocycles. The lowest BCUT2D eigenvalue weighted by Gasteiger charge is -2.22. The zero-order valence-corrected chi connectivity index (χ0v) is 13.8. The molecule has 0 nitrogen and oxygen atoms in total. The van der Waals surface area contributed by atoms with Gasteiger partial charge in [0.25, 0.3) is 0 Å². The van der Waals surface area contributed by atoms with E-state index in [1.54, 1.807) is 0 Å². The molecule has 0 aromatic heterocycles. The minimum absolute atomic E-state index is 0.0966. The molecular formula is C17H18BBr. The van der Waals surface area contributed by atoms with Crippen molar-refractivity contribution in [3.63, 3.8) is 0 Å². The van der Waals surface area contributed by atoms with E-state index < -0.39 is 0 Å². The maximum absolute atomic E-state index is 3.67. The van der Waals surface area contributed by atoms with Crippen molar-refractivity contribution in [1.29, 1.82) is 0 Å². The third-order valence-electron chi connectivity index (χ3n) is 4.57. The minimum Gasteiger partial charge on any atom is -0.0858 e. The van der Waals surface area contributed by atoms with Crippen molar-refractivity contribution in [1.82, 2.24) is 0 Å². The van der Waals surface area contributed by atoms with Crippen LogP contribution in [0, 0.1) is 13.8 Å². The van der Waals surface area contributed by atoms with Crippen LogP contribution in [0.2, 0.25) is 0 Å². The fourth-order valence-corrected chi connectivity index (χ4v) is 3.47. The summed E-state index contributed by atoms with van der Waals surface area (Å²) in [5.41, 5.74) is 9.88. The van der Waals surface area contributed by atoms with Crippen molar-refractivity contribution in [3.8, 4) is 11.1 Å². The molecule has 0 heterocycles. The average molecular weight is 313 g/mol. The van der Waals surface area contributed by atoms with Gasteiger partial charge in [0.05, 0.1) is 0 Å². The first-order valence-electron chi connectivity index (χ1n) is 6.75. The average Bonchev–Trinajstić information content (AvgIpc) is 2.52. The van der Waals surface area contributed by atoms with Crippen LogP contribution in [0.4, 0.5) is 0 Å². The first-order valence-corrected chi connectivity index (χ1v) is 7.54. The lowest BCUT2D eigenvalue weighted by molar-refractivity contribution is 0.660. The number of halogens is 1. The molecule has 2 heteroatoms. The lowest BCUT2D eigenvalue weighted by Crippen LogP contribution is -2.18. The monoisotopic (exact) mass is 312 g/mol. The molecule has 2 aromatic rings. The van der Waals surface area contributed by atoms with Crippen molar-refractivity contribution in [2.45, 2.75) is 33.1 Å². The van der Waals surface area contributed by atoms with Crippen LogP contribution in [-0.4, -0.2) is 7.85 Å². The van der Waals surface area contributed by atoms with Gasteiger partial charge in [-0.15, -0.1) is 0 Å². The highest BCUT2D eigenvalue weighted by Crippen LogP contribution is 2.49. The summed E-state index contributed by atoms with van der Waals surface area (Å²) >= 11 is 3.67. The largest absolute Gasteiger partial charge is 0.139 e. The van der Waals surface area contributed by atoms with Gasteiger partial charge >= 0.3 is 0 Å². The van der Waals surface area contributed by atoms with Crippen LogP contribution in [-0.2, 0) is 5.41 Å². The van der Waals surface area contributed by atoms with Gasteiger partial charge in [0, 0.05) is 9.89 Å². The van der Waals surface area contributed by atoms with E-state index in [0.717, 1.165) is 0 Å². The summed E-state index contributed by atoms with van der Waals surface area (Å²) in [7, 11) is 2.20. The highest BCUT2D eigenvalue weighted by molar-refractivity contribution is 9.10. The second-order valence-electron chi connectivity index (χ2n) is 6.25. The number of rotatable bonds is 0. The Hall–Kier alpha value is -1.02. The summed E-state index contributed by atoms with van der Waals surface area (Å²) in [4.78, 5) is 0. The van der Waals surface area contributed by atoms with Crippen LogP contribution in [0.25, 0.3) is 11.1 Å². The van der Waals surface area contributed by atoms with Crippen molar-refractivity contribution < 1.29 is 0 Å². The topological polar surface area (TPSA) is 0 Å². The van der Waals surface area contributed by atoms with Gasteiger partial charge in [0.2, 0.25) is 0 Å². The maximum Gasteiger partial charge on any atom is 0.139 e. The van der Waals surface area contributed by atoms with Gasteiger partial charge in [-0.2, -0.15) is 0 Å². The Morgan fingerprint density at radius 1 is 0.895 bits per heavy atom. The van der Waals surface area contributed by atoms with Gasteiger partial charge in [0.1, 0.15) is 7.85 Å². The minimum atomic E-state index is 0.0966. The Bertz CT molecular complexity index is 639.